The molecule has 1 saturated heterocycles. The fourth-order valence-electron chi connectivity index (χ4n) is 2.42. The van der Waals surface area contributed by atoms with Crippen molar-refractivity contribution in [1.29, 1.82) is 0 Å². The van der Waals surface area contributed by atoms with Gasteiger partial charge in [0.15, 0.2) is 5.79 Å². The van der Waals surface area contributed by atoms with Gasteiger partial charge in [-0.1, -0.05) is 0 Å². The molecule has 1 saturated carbocycles. The molecule has 2 aliphatic rings. The second-order valence-electron chi connectivity index (χ2n) is 5.87. The van der Waals surface area contributed by atoms with Gasteiger partial charge in [-0.2, -0.15) is 0 Å². The van der Waals surface area contributed by atoms with E-state index in [0.29, 0.717) is 19.1 Å². The molecule has 4 heteroatoms. The van der Waals surface area contributed by atoms with Crippen molar-refractivity contribution in [2.75, 3.05) is 18.9 Å². The summed E-state index contributed by atoms with van der Waals surface area (Å²) in [5.41, 5.74) is 7.97. The van der Waals surface area contributed by atoms with Crippen LogP contribution in [0.25, 0.3) is 0 Å². The van der Waals surface area contributed by atoms with Crippen LogP contribution in [0.4, 0.5) is 5.69 Å². The van der Waals surface area contributed by atoms with Crippen LogP contribution in [0.5, 0.6) is 5.75 Å². The smallest absolute Gasteiger partial charge is 0.163 e. The van der Waals surface area contributed by atoms with E-state index in [0.717, 1.165) is 11.4 Å². The topological polar surface area (TPSA) is 53.7 Å². The molecule has 1 aromatic carbocycles. The fourth-order valence-corrected chi connectivity index (χ4v) is 2.42. The zero-order valence-electron chi connectivity index (χ0n) is 11.5. The maximum absolute atomic E-state index is 5.92. The van der Waals surface area contributed by atoms with Crippen molar-refractivity contribution >= 4 is 5.69 Å². The molecule has 0 radical (unpaired) electrons. The van der Waals surface area contributed by atoms with Gasteiger partial charge >= 0.3 is 0 Å². The molecule has 0 aromatic heterocycles. The van der Waals surface area contributed by atoms with Crippen LogP contribution in [0.15, 0.2) is 18.2 Å². The van der Waals surface area contributed by atoms with E-state index in [1.54, 1.807) is 0 Å². The van der Waals surface area contributed by atoms with Crippen LogP contribution in [0.3, 0.4) is 0 Å². The molecule has 0 spiro atoms. The van der Waals surface area contributed by atoms with Gasteiger partial charge in [-0.15, -0.1) is 0 Å². The Bertz CT molecular complexity index is 468. The Balaban J connectivity index is 1.60. The maximum Gasteiger partial charge on any atom is 0.163 e. The first-order chi connectivity index (χ1) is 9.02. The molecule has 2 N–H and O–H groups in total. The van der Waals surface area contributed by atoms with E-state index in [9.17, 15) is 0 Å². The molecule has 104 valence electrons. The Morgan fingerprint density at radius 1 is 1.32 bits per heavy atom. The monoisotopic (exact) mass is 263 g/mol. The van der Waals surface area contributed by atoms with Crippen molar-refractivity contribution in [3.8, 4) is 5.75 Å². The van der Waals surface area contributed by atoms with Crippen LogP contribution in [0.2, 0.25) is 0 Å². The Morgan fingerprint density at radius 3 is 2.74 bits per heavy atom. The van der Waals surface area contributed by atoms with Gasteiger partial charge in [0.25, 0.3) is 0 Å². The minimum absolute atomic E-state index is 0.0131. The van der Waals surface area contributed by atoms with Crippen molar-refractivity contribution in [2.24, 2.45) is 0 Å². The van der Waals surface area contributed by atoms with Crippen LogP contribution >= 0.6 is 0 Å². The Labute approximate surface area is 113 Å². The van der Waals surface area contributed by atoms with E-state index in [1.165, 1.54) is 18.4 Å². The van der Waals surface area contributed by atoms with Gasteiger partial charge in [0.1, 0.15) is 18.5 Å². The number of nitrogen functional groups attached to an aromatic ring is 1. The van der Waals surface area contributed by atoms with Crippen molar-refractivity contribution in [1.82, 2.24) is 0 Å². The Kier molecular flexibility index (Phi) is 3.15. The minimum Gasteiger partial charge on any atom is -0.491 e. The number of hydrogen-bond acceptors (Lipinski definition) is 4. The van der Waals surface area contributed by atoms with E-state index in [1.807, 2.05) is 26.0 Å². The van der Waals surface area contributed by atoms with E-state index in [4.69, 9.17) is 19.9 Å². The molecule has 3 rings (SSSR count). The molecular formula is C15H21NO3. The molecule has 2 fully saturated rings. The lowest BCUT2D eigenvalue weighted by atomic mass is 10.1. The van der Waals surface area contributed by atoms with Crippen molar-refractivity contribution < 1.29 is 14.2 Å². The quantitative estimate of drug-likeness (QED) is 0.849. The highest BCUT2D eigenvalue weighted by Gasteiger charge is 2.33. The summed E-state index contributed by atoms with van der Waals surface area (Å²) in [4.78, 5) is 0. The highest BCUT2D eigenvalue weighted by atomic mass is 16.7. The molecule has 19 heavy (non-hydrogen) atoms. The van der Waals surface area contributed by atoms with Gasteiger partial charge in [0.05, 0.1) is 6.61 Å². The lowest BCUT2D eigenvalue weighted by Crippen LogP contribution is -2.25. The van der Waals surface area contributed by atoms with Gasteiger partial charge in [-0.05, 0) is 50.3 Å². The average Bonchev–Trinajstić information content (AvgIpc) is 3.11. The van der Waals surface area contributed by atoms with Crippen molar-refractivity contribution in [3.63, 3.8) is 0 Å². The summed E-state index contributed by atoms with van der Waals surface area (Å²) in [6, 6.07) is 6.00. The Morgan fingerprint density at radius 2 is 2.11 bits per heavy atom. The summed E-state index contributed by atoms with van der Waals surface area (Å²) in [7, 11) is 0. The molecule has 1 heterocycles. The maximum atomic E-state index is 5.92. The largest absolute Gasteiger partial charge is 0.491 e. The standard InChI is InChI=1S/C15H21NO3/c1-15(2)18-9-14(19-15)8-17-13-6-11(10-3-4-10)5-12(16)7-13/h5-7,10,14H,3-4,8-9,16H2,1-2H3. The summed E-state index contributed by atoms with van der Waals surface area (Å²) in [5, 5.41) is 0. The normalized spacial score (nSPS) is 25.5. The summed E-state index contributed by atoms with van der Waals surface area (Å²) < 4.78 is 17.0. The lowest BCUT2D eigenvalue weighted by Gasteiger charge is -2.17. The summed E-state index contributed by atoms with van der Waals surface area (Å²) >= 11 is 0. The van der Waals surface area contributed by atoms with Crippen molar-refractivity contribution in [2.45, 2.75) is 44.5 Å². The number of nitrogens with two attached hydrogens (primary N) is 1. The zero-order chi connectivity index (χ0) is 13.5. The molecule has 1 aliphatic heterocycles. The molecule has 1 aliphatic carbocycles. The van der Waals surface area contributed by atoms with E-state index in [-0.39, 0.29) is 6.10 Å². The van der Waals surface area contributed by atoms with Crippen molar-refractivity contribution in [3.05, 3.63) is 23.8 Å². The highest BCUT2D eigenvalue weighted by molar-refractivity contribution is 5.49. The van der Waals surface area contributed by atoms with Gasteiger partial charge in [0.2, 0.25) is 0 Å². The predicted molar refractivity (Wildman–Crippen MR) is 73.2 cm³/mol. The number of anilines is 1. The third-order valence-electron chi connectivity index (χ3n) is 3.50. The number of ether oxygens (including phenoxy) is 3. The molecule has 0 amide bonds. The summed E-state index contributed by atoms with van der Waals surface area (Å²) in [6.07, 6.45) is 2.51. The van der Waals surface area contributed by atoms with Gasteiger partial charge in [-0.3, -0.25) is 0 Å². The second kappa shape index (κ2) is 4.69. The van der Waals surface area contributed by atoms with E-state index < -0.39 is 5.79 Å². The second-order valence-corrected chi connectivity index (χ2v) is 5.87. The van der Waals surface area contributed by atoms with Crippen LogP contribution in [-0.4, -0.2) is 25.1 Å². The lowest BCUT2D eigenvalue weighted by molar-refractivity contribution is -0.141. The number of rotatable bonds is 4. The third kappa shape index (κ3) is 3.19. The van der Waals surface area contributed by atoms with Crippen LogP contribution in [0, 0.1) is 0 Å². The van der Waals surface area contributed by atoms with Gasteiger partial charge in [0, 0.05) is 11.8 Å². The molecule has 1 unspecified atom stereocenters. The summed E-state index contributed by atoms with van der Waals surface area (Å²) in [6.45, 7) is 4.90. The van der Waals surface area contributed by atoms with Gasteiger partial charge < -0.3 is 19.9 Å². The Hall–Kier alpha value is -1.26. The number of benzene rings is 1. The fraction of sp³-hybridized carbons (Fsp3) is 0.600. The predicted octanol–water partition coefficient (Wildman–Crippen LogP) is 2.68. The first-order valence-electron chi connectivity index (χ1n) is 6.87. The minimum atomic E-state index is -0.497. The van der Waals surface area contributed by atoms with Crippen LogP contribution < -0.4 is 10.5 Å². The highest BCUT2D eigenvalue weighted by Crippen LogP contribution is 2.42. The molecule has 1 aromatic rings. The SMILES string of the molecule is CC1(C)OCC(COc2cc(N)cc(C3CC3)c2)O1. The molecule has 4 nitrogen and oxygen atoms in total. The average molecular weight is 263 g/mol. The number of hydrogen-bond donors (Lipinski definition) is 1. The first-order valence-corrected chi connectivity index (χ1v) is 6.87. The third-order valence-corrected chi connectivity index (χ3v) is 3.50. The zero-order valence-corrected chi connectivity index (χ0v) is 11.5. The van der Waals surface area contributed by atoms with E-state index >= 15 is 0 Å². The van der Waals surface area contributed by atoms with Crippen LogP contribution in [0.1, 0.15) is 38.2 Å². The van der Waals surface area contributed by atoms with Crippen LogP contribution in [-0.2, 0) is 9.47 Å². The molecular weight excluding hydrogens is 242 g/mol. The molecule has 1 atom stereocenters. The van der Waals surface area contributed by atoms with E-state index in [2.05, 4.69) is 6.07 Å². The molecule has 0 bridgehead atoms. The summed E-state index contributed by atoms with van der Waals surface area (Å²) in [5.74, 6) is 1.01. The van der Waals surface area contributed by atoms with Gasteiger partial charge in [-0.25, -0.2) is 0 Å². The first kappa shape index (κ1) is 12.8.